The molecule has 5 nitrogen and oxygen atoms in total. The number of halogens is 1. The summed E-state index contributed by atoms with van der Waals surface area (Å²) in [5.41, 5.74) is 0.440. The first-order valence-electron chi connectivity index (χ1n) is 7.24. The van der Waals surface area contributed by atoms with Gasteiger partial charge in [0.25, 0.3) is 5.91 Å². The fourth-order valence-corrected chi connectivity index (χ4v) is 2.27. The molecule has 1 amide bonds. The Morgan fingerprint density at radius 1 is 1.26 bits per heavy atom. The number of pyridine rings is 1. The van der Waals surface area contributed by atoms with Gasteiger partial charge in [-0.2, -0.15) is 0 Å². The molecule has 0 N–H and O–H groups in total. The van der Waals surface area contributed by atoms with Crippen LogP contribution in [0.5, 0.6) is 11.6 Å². The number of ether oxygens (including phenoxy) is 2. The lowest BCUT2D eigenvalue weighted by Gasteiger charge is -2.18. The van der Waals surface area contributed by atoms with Crippen molar-refractivity contribution in [1.82, 2.24) is 9.88 Å². The predicted molar refractivity (Wildman–Crippen MR) is 91.9 cm³/mol. The number of benzene rings is 1. The molecule has 1 heterocycles. The van der Waals surface area contributed by atoms with Crippen LogP contribution in [0.15, 0.2) is 47.1 Å². The molecule has 0 spiro atoms. The zero-order valence-corrected chi connectivity index (χ0v) is 14.7. The van der Waals surface area contributed by atoms with Gasteiger partial charge in [-0.25, -0.2) is 4.98 Å². The number of carbonyl (C=O) groups excluding carboxylic acids is 1. The standard InChI is InChI=1S/C17H19BrN2O3/c1-20(11-4-12-22-2)17(21)15-5-3-10-19-16(15)23-14-8-6-13(18)7-9-14/h3,5-10H,4,11-12H2,1-2H3. The fourth-order valence-electron chi connectivity index (χ4n) is 2.00. The first-order valence-corrected chi connectivity index (χ1v) is 8.04. The van der Waals surface area contributed by atoms with Gasteiger partial charge in [0.2, 0.25) is 5.88 Å². The molecular weight excluding hydrogens is 360 g/mol. The minimum Gasteiger partial charge on any atom is -0.438 e. The number of hydrogen-bond donors (Lipinski definition) is 0. The second-order valence-electron chi connectivity index (χ2n) is 4.99. The third-order valence-electron chi connectivity index (χ3n) is 3.22. The molecule has 6 heteroatoms. The molecule has 1 aromatic heterocycles. The first kappa shape index (κ1) is 17.4. The van der Waals surface area contributed by atoms with Crippen molar-refractivity contribution in [3.05, 3.63) is 52.6 Å². The van der Waals surface area contributed by atoms with Crippen LogP contribution < -0.4 is 4.74 Å². The highest BCUT2D eigenvalue weighted by Crippen LogP contribution is 2.25. The zero-order chi connectivity index (χ0) is 16.7. The van der Waals surface area contributed by atoms with Gasteiger partial charge in [0, 0.05) is 38.0 Å². The van der Waals surface area contributed by atoms with Crippen LogP contribution in [0, 0.1) is 0 Å². The normalized spacial score (nSPS) is 10.4. The maximum atomic E-state index is 12.6. The molecular formula is C17H19BrN2O3. The van der Waals surface area contributed by atoms with Gasteiger partial charge in [0.15, 0.2) is 0 Å². The molecule has 0 aliphatic rings. The van der Waals surface area contributed by atoms with Crippen molar-refractivity contribution in [2.75, 3.05) is 27.3 Å². The summed E-state index contributed by atoms with van der Waals surface area (Å²) in [7, 11) is 3.40. The van der Waals surface area contributed by atoms with E-state index in [0.29, 0.717) is 30.3 Å². The number of nitrogens with zero attached hydrogens (tertiary/aromatic N) is 2. The molecule has 0 saturated heterocycles. The van der Waals surface area contributed by atoms with E-state index in [0.717, 1.165) is 10.9 Å². The van der Waals surface area contributed by atoms with Crippen molar-refractivity contribution in [2.45, 2.75) is 6.42 Å². The van der Waals surface area contributed by atoms with Crippen LogP contribution in [0.3, 0.4) is 0 Å². The highest BCUT2D eigenvalue weighted by molar-refractivity contribution is 9.10. The molecule has 2 aromatic rings. The van der Waals surface area contributed by atoms with Crippen molar-refractivity contribution in [2.24, 2.45) is 0 Å². The van der Waals surface area contributed by atoms with E-state index < -0.39 is 0 Å². The SMILES string of the molecule is COCCCN(C)C(=O)c1cccnc1Oc1ccc(Br)cc1. The number of hydrogen-bond acceptors (Lipinski definition) is 4. The largest absolute Gasteiger partial charge is 0.438 e. The Bertz CT molecular complexity index is 647. The molecule has 2 rings (SSSR count). The Hall–Kier alpha value is -1.92. The van der Waals surface area contributed by atoms with Gasteiger partial charge in [-0.1, -0.05) is 15.9 Å². The molecule has 23 heavy (non-hydrogen) atoms. The number of rotatable bonds is 7. The Morgan fingerprint density at radius 2 is 2.00 bits per heavy atom. The predicted octanol–water partition coefficient (Wildman–Crippen LogP) is 3.74. The van der Waals surface area contributed by atoms with Gasteiger partial charge in [-0.3, -0.25) is 4.79 Å². The second-order valence-corrected chi connectivity index (χ2v) is 5.90. The number of amides is 1. The maximum absolute atomic E-state index is 12.6. The van der Waals surface area contributed by atoms with E-state index in [2.05, 4.69) is 20.9 Å². The van der Waals surface area contributed by atoms with Crippen LogP contribution in [0.2, 0.25) is 0 Å². The average molecular weight is 379 g/mol. The summed E-state index contributed by atoms with van der Waals surface area (Å²) in [5.74, 6) is 0.808. The minimum absolute atomic E-state index is 0.124. The van der Waals surface area contributed by atoms with Crippen molar-refractivity contribution < 1.29 is 14.3 Å². The fraction of sp³-hybridized carbons (Fsp3) is 0.294. The van der Waals surface area contributed by atoms with Crippen LogP contribution in [-0.4, -0.2) is 43.1 Å². The Labute approximate surface area is 144 Å². The molecule has 0 saturated carbocycles. The van der Waals surface area contributed by atoms with Gasteiger partial charge < -0.3 is 14.4 Å². The number of methoxy groups -OCH3 is 1. The van der Waals surface area contributed by atoms with E-state index in [4.69, 9.17) is 9.47 Å². The van der Waals surface area contributed by atoms with Crippen LogP contribution in [0.25, 0.3) is 0 Å². The molecule has 0 radical (unpaired) electrons. The van der Waals surface area contributed by atoms with Crippen molar-refractivity contribution >= 4 is 21.8 Å². The lowest BCUT2D eigenvalue weighted by Crippen LogP contribution is -2.28. The molecule has 0 bridgehead atoms. The molecule has 122 valence electrons. The monoisotopic (exact) mass is 378 g/mol. The Balaban J connectivity index is 2.13. The van der Waals surface area contributed by atoms with E-state index in [1.165, 1.54) is 0 Å². The third-order valence-corrected chi connectivity index (χ3v) is 3.75. The third kappa shape index (κ3) is 5.04. The zero-order valence-electron chi connectivity index (χ0n) is 13.2. The molecule has 0 atom stereocenters. The molecule has 0 unspecified atom stereocenters. The number of carbonyl (C=O) groups is 1. The lowest BCUT2D eigenvalue weighted by atomic mass is 10.2. The summed E-state index contributed by atoms with van der Waals surface area (Å²) in [6.45, 7) is 1.23. The lowest BCUT2D eigenvalue weighted by molar-refractivity contribution is 0.0776. The van der Waals surface area contributed by atoms with Crippen LogP contribution in [0.1, 0.15) is 16.8 Å². The maximum Gasteiger partial charge on any atom is 0.259 e. The van der Waals surface area contributed by atoms with E-state index in [1.807, 2.05) is 24.3 Å². The van der Waals surface area contributed by atoms with Gasteiger partial charge in [0.1, 0.15) is 11.3 Å². The van der Waals surface area contributed by atoms with Gasteiger partial charge >= 0.3 is 0 Å². The highest BCUT2D eigenvalue weighted by Gasteiger charge is 2.18. The molecule has 0 fully saturated rings. The molecule has 0 aliphatic heterocycles. The quantitative estimate of drug-likeness (QED) is 0.688. The van der Waals surface area contributed by atoms with E-state index in [-0.39, 0.29) is 5.91 Å². The van der Waals surface area contributed by atoms with Gasteiger partial charge in [-0.05, 0) is 42.8 Å². The van der Waals surface area contributed by atoms with E-state index in [1.54, 1.807) is 37.4 Å². The van der Waals surface area contributed by atoms with E-state index in [9.17, 15) is 4.79 Å². The summed E-state index contributed by atoms with van der Waals surface area (Å²) in [4.78, 5) is 18.4. The van der Waals surface area contributed by atoms with E-state index >= 15 is 0 Å². The van der Waals surface area contributed by atoms with Gasteiger partial charge in [0.05, 0.1) is 0 Å². The topological polar surface area (TPSA) is 51.7 Å². The summed E-state index contributed by atoms with van der Waals surface area (Å²) >= 11 is 3.38. The average Bonchev–Trinajstić information content (AvgIpc) is 2.57. The van der Waals surface area contributed by atoms with Crippen molar-refractivity contribution in [3.8, 4) is 11.6 Å². The second kappa shape index (κ2) is 8.64. The summed E-state index contributed by atoms with van der Waals surface area (Å²) in [5, 5.41) is 0. The Kier molecular flexibility index (Phi) is 6.55. The Morgan fingerprint density at radius 3 is 2.70 bits per heavy atom. The minimum atomic E-state index is -0.124. The van der Waals surface area contributed by atoms with Gasteiger partial charge in [-0.15, -0.1) is 0 Å². The highest BCUT2D eigenvalue weighted by atomic mass is 79.9. The van der Waals surface area contributed by atoms with Crippen LogP contribution in [-0.2, 0) is 4.74 Å². The molecule has 0 aliphatic carbocycles. The van der Waals surface area contributed by atoms with Crippen molar-refractivity contribution in [3.63, 3.8) is 0 Å². The summed E-state index contributed by atoms with van der Waals surface area (Å²) in [6, 6.07) is 10.8. The molecule has 1 aromatic carbocycles. The van der Waals surface area contributed by atoms with Crippen LogP contribution in [0.4, 0.5) is 0 Å². The summed E-state index contributed by atoms with van der Waals surface area (Å²) < 4.78 is 11.7. The smallest absolute Gasteiger partial charge is 0.259 e. The number of aromatic nitrogens is 1. The first-order chi connectivity index (χ1) is 11.1. The van der Waals surface area contributed by atoms with Crippen LogP contribution >= 0.6 is 15.9 Å². The summed E-state index contributed by atoms with van der Waals surface area (Å²) in [6.07, 6.45) is 2.39. The van der Waals surface area contributed by atoms with Crippen molar-refractivity contribution in [1.29, 1.82) is 0 Å².